The number of hydrogen-bond acceptors (Lipinski definition) is 1. The van der Waals surface area contributed by atoms with E-state index in [4.69, 9.17) is 11.6 Å². The minimum absolute atomic E-state index is 0.0827. The quantitative estimate of drug-likeness (QED) is 0.772. The fraction of sp³-hybridized carbons (Fsp3) is 0.462. The van der Waals surface area contributed by atoms with E-state index in [9.17, 15) is 9.18 Å². The molecule has 1 aliphatic rings. The van der Waals surface area contributed by atoms with Gasteiger partial charge in [-0.25, -0.2) is 4.39 Å². The fourth-order valence-electron chi connectivity index (χ4n) is 2.34. The summed E-state index contributed by atoms with van der Waals surface area (Å²) in [6.45, 7) is 1.95. The third-order valence-corrected chi connectivity index (χ3v) is 3.91. The van der Waals surface area contributed by atoms with Gasteiger partial charge in [0, 0.05) is 12.3 Å². The Morgan fingerprint density at radius 3 is 2.88 bits per heavy atom. The first kappa shape index (κ1) is 11.6. The van der Waals surface area contributed by atoms with Gasteiger partial charge in [-0.3, -0.25) is 4.79 Å². The molecule has 1 fully saturated rings. The van der Waals surface area contributed by atoms with Crippen LogP contribution in [0.15, 0.2) is 18.2 Å². The summed E-state index contributed by atoms with van der Waals surface area (Å²) >= 11 is 5.90. The van der Waals surface area contributed by atoms with Gasteiger partial charge in [0.2, 0.25) is 0 Å². The van der Waals surface area contributed by atoms with Crippen molar-refractivity contribution in [1.29, 1.82) is 0 Å². The topological polar surface area (TPSA) is 17.1 Å². The minimum Gasteiger partial charge on any atom is -0.299 e. The van der Waals surface area contributed by atoms with Crippen molar-refractivity contribution < 1.29 is 9.18 Å². The van der Waals surface area contributed by atoms with E-state index in [1.165, 1.54) is 6.07 Å². The van der Waals surface area contributed by atoms with Crippen molar-refractivity contribution in [2.75, 3.05) is 0 Å². The van der Waals surface area contributed by atoms with Crippen molar-refractivity contribution >= 4 is 17.4 Å². The lowest BCUT2D eigenvalue weighted by Crippen LogP contribution is -2.13. The summed E-state index contributed by atoms with van der Waals surface area (Å²) in [5.74, 6) is 0.333. The molecule has 0 radical (unpaired) electrons. The van der Waals surface area contributed by atoms with Crippen molar-refractivity contribution in [2.45, 2.75) is 26.2 Å². The Morgan fingerprint density at radius 2 is 2.25 bits per heavy atom. The summed E-state index contributed by atoms with van der Waals surface area (Å²) < 4.78 is 13.2. The third-order valence-electron chi connectivity index (χ3n) is 3.49. The highest BCUT2D eigenvalue weighted by atomic mass is 35.5. The van der Waals surface area contributed by atoms with Gasteiger partial charge in [-0.15, -0.1) is 0 Å². The average Bonchev–Trinajstić information content (AvgIpc) is 2.57. The summed E-state index contributed by atoms with van der Waals surface area (Å²) in [4.78, 5) is 11.4. The minimum atomic E-state index is -0.379. The predicted molar refractivity (Wildman–Crippen MR) is 62.0 cm³/mol. The summed E-state index contributed by atoms with van der Waals surface area (Å²) in [6, 6.07) is 4.86. The maximum absolute atomic E-state index is 13.2. The smallest absolute Gasteiger partial charge is 0.142 e. The van der Waals surface area contributed by atoms with E-state index in [1.807, 2.05) is 13.0 Å². The molecule has 16 heavy (non-hydrogen) atoms. The van der Waals surface area contributed by atoms with Crippen LogP contribution in [-0.4, -0.2) is 5.78 Å². The number of benzene rings is 1. The van der Waals surface area contributed by atoms with Gasteiger partial charge in [0.15, 0.2) is 0 Å². The van der Waals surface area contributed by atoms with Gasteiger partial charge < -0.3 is 0 Å². The Labute approximate surface area is 99.6 Å². The lowest BCUT2D eigenvalue weighted by Gasteiger charge is -2.15. The zero-order valence-corrected chi connectivity index (χ0v) is 9.93. The van der Waals surface area contributed by atoms with E-state index in [2.05, 4.69) is 0 Å². The van der Waals surface area contributed by atoms with Crippen LogP contribution in [0.25, 0.3) is 0 Å². The molecule has 2 atom stereocenters. The Balaban J connectivity index is 2.15. The van der Waals surface area contributed by atoms with Gasteiger partial charge in [-0.1, -0.05) is 30.7 Å². The Kier molecular flexibility index (Phi) is 3.29. The molecular formula is C13H14ClFO. The van der Waals surface area contributed by atoms with Crippen LogP contribution in [0.4, 0.5) is 4.39 Å². The number of carbonyl (C=O) groups is 1. The number of carbonyl (C=O) groups excluding carboxylic acids is 1. The van der Waals surface area contributed by atoms with Crippen LogP contribution in [0, 0.1) is 17.7 Å². The number of ketones is 1. The van der Waals surface area contributed by atoms with Crippen molar-refractivity contribution in [2.24, 2.45) is 11.8 Å². The molecule has 0 bridgehead atoms. The lowest BCUT2D eigenvalue weighted by molar-refractivity contribution is -0.120. The molecule has 0 heterocycles. The molecule has 0 aromatic heterocycles. The van der Waals surface area contributed by atoms with Crippen molar-refractivity contribution in [3.05, 3.63) is 34.6 Å². The van der Waals surface area contributed by atoms with Crippen LogP contribution in [-0.2, 0) is 11.2 Å². The van der Waals surface area contributed by atoms with Gasteiger partial charge >= 0.3 is 0 Å². The van der Waals surface area contributed by atoms with Crippen LogP contribution in [0.3, 0.4) is 0 Å². The van der Waals surface area contributed by atoms with Gasteiger partial charge in [-0.05, 0) is 30.4 Å². The molecule has 1 aliphatic carbocycles. The Morgan fingerprint density at radius 1 is 1.50 bits per heavy atom. The first-order valence-electron chi connectivity index (χ1n) is 5.55. The second kappa shape index (κ2) is 4.54. The molecule has 1 saturated carbocycles. The molecule has 0 N–H and O–H groups in total. The number of halogens is 2. The molecule has 0 amide bonds. The van der Waals surface area contributed by atoms with Gasteiger partial charge in [0.1, 0.15) is 11.6 Å². The highest BCUT2D eigenvalue weighted by Gasteiger charge is 2.31. The molecule has 86 valence electrons. The van der Waals surface area contributed by atoms with Crippen molar-refractivity contribution in [3.8, 4) is 0 Å². The van der Waals surface area contributed by atoms with Gasteiger partial charge in [0.05, 0.1) is 5.02 Å². The van der Waals surface area contributed by atoms with Crippen molar-refractivity contribution in [1.82, 2.24) is 0 Å². The van der Waals surface area contributed by atoms with E-state index in [1.54, 1.807) is 6.07 Å². The average molecular weight is 241 g/mol. The lowest BCUT2D eigenvalue weighted by atomic mass is 9.90. The van der Waals surface area contributed by atoms with Crippen molar-refractivity contribution in [3.63, 3.8) is 0 Å². The molecule has 2 rings (SSSR count). The van der Waals surface area contributed by atoms with Crippen LogP contribution in [0.2, 0.25) is 5.02 Å². The zero-order valence-electron chi connectivity index (χ0n) is 9.17. The normalized spacial score (nSPS) is 25.1. The standard InChI is InChI=1S/C13H14ClFO/c1-8-9(5-6-12(8)16)7-10-3-2-4-11(15)13(10)14/h2-4,8-9H,5-7H2,1H3. The van der Waals surface area contributed by atoms with E-state index in [0.717, 1.165) is 12.0 Å². The van der Waals surface area contributed by atoms with Gasteiger partial charge in [-0.2, -0.15) is 0 Å². The SMILES string of the molecule is CC1C(=O)CCC1Cc1cccc(F)c1Cl. The second-order valence-electron chi connectivity index (χ2n) is 4.47. The maximum atomic E-state index is 13.2. The summed E-state index contributed by atoms with van der Waals surface area (Å²) in [5.41, 5.74) is 0.813. The first-order chi connectivity index (χ1) is 7.59. The molecule has 3 heteroatoms. The van der Waals surface area contributed by atoms with Crippen LogP contribution < -0.4 is 0 Å². The summed E-state index contributed by atoms with van der Waals surface area (Å²) in [7, 11) is 0. The summed E-state index contributed by atoms with van der Waals surface area (Å²) in [5, 5.41) is 0.203. The molecule has 0 saturated heterocycles. The monoisotopic (exact) mass is 240 g/mol. The van der Waals surface area contributed by atoms with E-state index in [-0.39, 0.29) is 16.8 Å². The number of rotatable bonds is 2. The van der Waals surface area contributed by atoms with Gasteiger partial charge in [0.25, 0.3) is 0 Å². The highest BCUT2D eigenvalue weighted by molar-refractivity contribution is 6.31. The first-order valence-corrected chi connectivity index (χ1v) is 5.93. The van der Waals surface area contributed by atoms with E-state index in [0.29, 0.717) is 24.5 Å². The fourth-order valence-corrected chi connectivity index (χ4v) is 2.54. The molecule has 1 nitrogen and oxygen atoms in total. The molecule has 0 spiro atoms. The predicted octanol–water partition coefficient (Wildman–Crippen LogP) is 3.64. The Hall–Kier alpha value is -0.890. The molecule has 2 unspecified atom stereocenters. The van der Waals surface area contributed by atoms with E-state index < -0.39 is 0 Å². The maximum Gasteiger partial charge on any atom is 0.142 e. The molecular weight excluding hydrogens is 227 g/mol. The zero-order chi connectivity index (χ0) is 11.7. The van der Waals surface area contributed by atoms with Crippen LogP contribution in [0.5, 0.6) is 0 Å². The third kappa shape index (κ3) is 2.12. The van der Waals surface area contributed by atoms with Crippen LogP contribution in [0.1, 0.15) is 25.3 Å². The van der Waals surface area contributed by atoms with E-state index >= 15 is 0 Å². The molecule has 0 aliphatic heterocycles. The Bertz CT molecular complexity index is 416. The second-order valence-corrected chi connectivity index (χ2v) is 4.85. The molecule has 1 aromatic rings. The largest absolute Gasteiger partial charge is 0.299 e. The summed E-state index contributed by atoms with van der Waals surface area (Å²) in [6.07, 6.45) is 2.25. The number of Topliss-reactive ketones (excluding diaryl/α,β-unsaturated/α-hetero) is 1. The highest BCUT2D eigenvalue weighted by Crippen LogP contribution is 2.33. The molecule has 1 aromatic carbocycles. The number of hydrogen-bond donors (Lipinski definition) is 0. The van der Waals surface area contributed by atoms with Crippen LogP contribution >= 0.6 is 11.6 Å².